The molecule has 0 saturated carbocycles. The van der Waals surface area contributed by atoms with E-state index in [0.717, 1.165) is 0 Å². The van der Waals surface area contributed by atoms with Gasteiger partial charge >= 0.3 is 0 Å². The van der Waals surface area contributed by atoms with Crippen LogP contribution in [0, 0.1) is 5.82 Å². The van der Waals surface area contributed by atoms with Gasteiger partial charge in [0.15, 0.2) is 6.61 Å². The summed E-state index contributed by atoms with van der Waals surface area (Å²) >= 11 is 5.92. The third-order valence-electron chi connectivity index (χ3n) is 4.13. The Morgan fingerprint density at radius 2 is 1.80 bits per heavy atom. The maximum atomic E-state index is 14.0. The number of rotatable bonds is 6. The van der Waals surface area contributed by atoms with Crippen molar-refractivity contribution in [2.45, 2.75) is 0 Å². The molecule has 4 aromatic rings. The number of anilines is 1. The number of para-hydroxylation sites is 1. The first-order chi connectivity index (χ1) is 14.6. The minimum Gasteiger partial charge on any atom is -0.483 e. The Bertz CT molecular complexity index is 1200. The highest BCUT2D eigenvalue weighted by Gasteiger charge is 2.17. The molecule has 0 aliphatic heterocycles. The van der Waals surface area contributed by atoms with Crippen molar-refractivity contribution in [2.24, 2.45) is 0 Å². The van der Waals surface area contributed by atoms with Gasteiger partial charge in [-0.1, -0.05) is 47.1 Å². The van der Waals surface area contributed by atoms with Crippen LogP contribution in [0.25, 0.3) is 22.8 Å². The number of carbonyl (C=O) groups is 1. The van der Waals surface area contributed by atoms with Crippen LogP contribution in [0.5, 0.6) is 5.75 Å². The predicted molar refractivity (Wildman–Crippen MR) is 111 cm³/mol. The highest BCUT2D eigenvalue weighted by atomic mass is 35.5. The molecule has 0 spiro atoms. The van der Waals surface area contributed by atoms with Crippen LogP contribution in [0.3, 0.4) is 0 Å². The van der Waals surface area contributed by atoms with Gasteiger partial charge in [-0.05, 0) is 42.5 Å². The summed E-state index contributed by atoms with van der Waals surface area (Å²) in [4.78, 5) is 16.5. The van der Waals surface area contributed by atoms with Gasteiger partial charge in [0, 0.05) is 10.7 Å². The summed E-state index contributed by atoms with van der Waals surface area (Å²) in [6.45, 7) is -0.235. The molecule has 0 aliphatic carbocycles. The summed E-state index contributed by atoms with van der Waals surface area (Å²) in [5.74, 6) is -0.155. The molecule has 1 amide bonds. The summed E-state index contributed by atoms with van der Waals surface area (Å²) in [7, 11) is 0. The molecular weight excluding hydrogens is 409 g/mol. The Balaban J connectivity index is 1.49. The molecular formula is C22H15ClFN3O3. The van der Waals surface area contributed by atoms with Gasteiger partial charge in [0.25, 0.3) is 11.8 Å². The molecule has 8 heteroatoms. The van der Waals surface area contributed by atoms with Crippen LogP contribution in [0.1, 0.15) is 0 Å². The molecule has 1 aromatic heterocycles. The molecule has 1 heterocycles. The molecule has 0 unspecified atom stereocenters. The zero-order valence-corrected chi connectivity index (χ0v) is 16.3. The standard InChI is InChI=1S/C22H15ClFN3O3/c23-14-6-5-7-15(12-14)25-20(28)13-29-19-11-4-2-9-17(19)21-26-22(30-27-21)16-8-1-3-10-18(16)24/h1-12H,13H2,(H,25,28). The van der Waals surface area contributed by atoms with Gasteiger partial charge in [-0.2, -0.15) is 4.98 Å². The maximum Gasteiger partial charge on any atom is 0.262 e. The normalized spacial score (nSPS) is 10.6. The van der Waals surface area contributed by atoms with Crippen molar-refractivity contribution in [1.29, 1.82) is 0 Å². The van der Waals surface area contributed by atoms with E-state index in [1.807, 2.05) is 0 Å². The Morgan fingerprint density at radius 3 is 2.60 bits per heavy atom. The number of ether oxygens (including phenoxy) is 1. The van der Waals surface area contributed by atoms with Crippen molar-refractivity contribution in [3.63, 3.8) is 0 Å². The van der Waals surface area contributed by atoms with Crippen LogP contribution in [0.2, 0.25) is 5.02 Å². The monoisotopic (exact) mass is 423 g/mol. The summed E-state index contributed by atoms with van der Waals surface area (Å²) < 4.78 is 24.8. The quantitative estimate of drug-likeness (QED) is 0.460. The smallest absolute Gasteiger partial charge is 0.262 e. The van der Waals surface area contributed by atoms with E-state index in [4.69, 9.17) is 20.9 Å². The zero-order chi connectivity index (χ0) is 20.9. The summed E-state index contributed by atoms with van der Waals surface area (Å²) in [6.07, 6.45) is 0. The lowest BCUT2D eigenvalue weighted by molar-refractivity contribution is -0.118. The average molecular weight is 424 g/mol. The summed E-state index contributed by atoms with van der Waals surface area (Å²) in [5, 5.41) is 7.14. The predicted octanol–water partition coefficient (Wildman–Crippen LogP) is 5.21. The van der Waals surface area contributed by atoms with Crippen molar-refractivity contribution in [3.8, 4) is 28.6 Å². The van der Waals surface area contributed by atoms with Crippen molar-refractivity contribution in [2.75, 3.05) is 11.9 Å². The van der Waals surface area contributed by atoms with Crippen molar-refractivity contribution in [3.05, 3.63) is 83.6 Å². The number of halogens is 2. The van der Waals surface area contributed by atoms with Gasteiger partial charge < -0.3 is 14.6 Å². The van der Waals surface area contributed by atoms with Crippen LogP contribution in [0.4, 0.5) is 10.1 Å². The Morgan fingerprint density at radius 1 is 1.03 bits per heavy atom. The fourth-order valence-corrected chi connectivity index (χ4v) is 2.95. The van der Waals surface area contributed by atoms with Crippen LogP contribution in [-0.2, 0) is 4.79 Å². The van der Waals surface area contributed by atoms with Gasteiger partial charge in [0.2, 0.25) is 5.82 Å². The fraction of sp³-hybridized carbons (Fsp3) is 0.0455. The van der Waals surface area contributed by atoms with Crippen molar-refractivity contribution < 1.29 is 18.4 Å². The molecule has 0 bridgehead atoms. The molecule has 0 saturated heterocycles. The molecule has 6 nitrogen and oxygen atoms in total. The first-order valence-electron chi connectivity index (χ1n) is 8.96. The molecule has 0 atom stereocenters. The Kier molecular flexibility index (Phi) is 5.72. The lowest BCUT2D eigenvalue weighted by Crippen LogP contribution is -2.20. The van der Waals surface area contributed by atoms with E-state index in [0.29, 0.717) is 22.0 Å². The van der Waals surface area contributed by atoms with E-state index in [9.17, 15) is 9.18 Å². The first kappa shape index (κ1) is 19.6. The molecule has 0 fully saturated rings. The fourth-order valence-electron chi connectivity index (χ4n) is 2.76. The number of benzene rings is 3. The number of nitrogens with zero attached hydrogens (tertiary/aromatic N) is 2. The molecule has 0 radical (unpaired) electrons. The zero-order valence-electron chi connectivity index (χ0n) is 15.5. The molecule has 30 heavy (non-hydrogen) atoms. The van der Waals surface area contributed by atoms with E-state index in [1.54, 1.807) is 66.7 Å². The van der Waals surface area contributed by atoms with Crippen LogP contribution in [-0.4, -0.2) is 22.7 Å². The largest absolute Gasteiger partial charge is 0.483 e. The average Bonchev–Trinajstić information content (AvgIpc) is 3.23. The van der Waals surface area contributed by atoms with Crippen molar-refractivity contribution in [1.82, 2.24) is 10.1 Å². The summed E-state index contributed by atoms with van der Waals surface area (Å²) in [5.41, 5.74) is 1.28. The maximum absolute atomic E-state index is 14.0. The Hall–Kier alpha value is -3.71. The number of nitrogens with one attached hydrogen (secondary N) is 1. The van der Waals surface area contributed by atoms with E-state index in [-0.39, 0.29) is 29.8 Å². The number of amides is 1. The summed E-state index contributed by atoms with van der Waals surface area (Å²) in [6, 6.07) is 19.9. The number of carbonyl (C=O) groups excluding carboxylic acids is 1. The van der Waals surface area contributed by atoms with Crippen LogP contribution < -0.4 is 10.1 Å². The second-order valence-corrected chi connectivity index (χ2v) is 6.68. The minimum atomic E-state index is -0.463. The SMILES string of the molecule is O=C(COc1ccccc1-c1noc(-c2ccccc2F)n1)Nc1cccc(Cl)c1. The van der Waals surface area contributed by atoms with Gasteiger partial charge in [-0.3, -0.25) is 4.79 Å². The number of hydrogen-bond donors (Lipinski definition) is 1. The van der Waals surface area contributed by atoms with Gasteiger partial charge in [0.05, 0.1) is 11.1 Å². The molecule has 150 valence electrons. The third kappa shape index (κ3) is 4.47. The van der Waals surface area contributed by atoms with Gasteiger partial charge in [-0.15, -0.1) is 0 Å². The van der Waals surface area contributed by atoms with Gasteiger partial charge in [-0.25, -0.2) is 4.39 Å². The lowest BCUT2D eigenvalue weighted by atomic mass is 10.2. The second kappa shape index (κ2) is 8.75. The first-order valence-corrected chi connectivity index (χ1v) is 9.34. The highest BCUT2D eigenvalue weighted by molar-refractivity contribution is 6.30. The second-order valence-electron chi connectivity index (χ2n) is 6.25. The Labute approximate surface area is 176 Å². The highest BCUT2D eigenvalue weighted by Crippen LogP contribution is 2.30. The van der Waals surface area contributed by atoms with E-state index in [1.165, 1.54) is 6.07 Å². The van der Waals surface area contributed by atoms with Crippen LogP contribution >= 0.6 is 11.6 Å². The number of hydrogen-bond acceptors (Lipinski definition) is 5. The van der Waals surface area contributed by atoms with Gasteiger partial charge in [0.1, 0.15) is 11.6 Å². The molecule has 0 aliphatic rings. The van der Waals surface area contributed by atoms with E-state index < -0.39 is 5.82 Å². The van der Waals surface area contributed by atoms with E-state index in [2.05, 4.69) is 15.5 Å². The molecule has 1 N–H and O–H groups in total. The molecule has 3 aromatic carbocycles. The van der Waals surface area contributed by atoms with Crippen LogP contribution in [0.15, 0.2) is 77.3 Å². The molecule has 4 rings (SSSR count). The van der Waals surface area contributed by atoms with Crippen molar-refractivity contribution >= 4 is 23.2 Å². The van der Waals surface area contributed by atoms with E-state index >= 15 is 0 Å². The lowest BCUT2D eigenvalue weighted by Gasteiger charge is -2.10. The minimum absolute atomic E-state index is 0.0524. The number of aromatic nitrogens is 2. The topological polar surface area (TPSA) is 77.2 Å². The third-order valence-corrected chi connectivity index (χ3v) is 4.36.